The lowest BCUT2D eigenvalue weighted by Gasteiger charge is -2.38. The van der Waals surface area contributed by atoms with Gasteiger partial charge in [-0.1, -0.05) is 18.2 Å². The Bertz CT molecular complexity index is 1110. The van der Waals surface area contributed by atoms with Crippen molar-refractivity contribution in [2.24, 2.45) is 17.8 Å². The summed E-state index contributed by atoms with van der Waals surface area (Å²) in [5.41, 5.74) is 1.41. The number of rotatable bonds is 6. The van der Waals surface area contributed by atoms with E-state index < -0.39 is 17.9 Å². The Morgan fingerprint density at radius 2 is 1.97 bits per heavy atom. The van der Waals surface area contributed by atoms with Gasteiger partial charge in [0.1, 0.15) is 5.75 Å². The largest absolute Gasteiger partial charge is 0.497 e. The number of nitrogens with zero attached hydrogens (tertiary/aromatic N) is 2. The van der Waals surface area contributed by atoms with Crippen LogP contribution in [0.1, 0.15) is 30.1 Å². The maximum Gasteiger partial charge on any atom is 0.250 e. The first-order valence-corrected chi connectivity index (χ1v) is 11.1. The highest BCUT2D eigenvalue weighted by Crippen LogP contribution is 2.50. The summed E-state index contributed by atoms with van der Waals surface area (Å²) in [5.74, 6) is -0.570. The van der Waals surface area contributed by atoms with Crippen molar-refractivity contribution in [2.45, 2.75) is 38.0 Å². The predicted octanol–water partition coefficient (Wildman–Crippen LogP) is 1.07. The monoisotopic (exact) mass is 437 g/mol. The van der Waals surface area contributed by atoms with E-state index in [1.807, 2.05) is 30.3 Å². The molecule has 168 valence electrons. The van der Waals surface area contributed by atoms with Gasteiger partial charge in [-0.3, -0.25) is 14.4 Å². The molecular formula is C24H27N3O5. The summed E-state index contributed by atoms with van der Waals surface area (Å²) >= 11 is 0. The SMILES string of the molecule is COc1cccc(CNC(=O)[C@@H]2[C@@H](CO)[C@@H]3Cn4c(cccc4=O)[C@H]2N3C(=O)C2CC2)c1. The van der Waals surface area contributed by atoms with Crippen LogP contribution in [0.5, 0.6) is 5.75 Å². The summed E-state index contributed by atoms with van der Waals surface area (Å²) in [7, 11) is 1.59. The van der Waals surface area contributed by atoms with Gasteiger partial charge in [-0.25, -0.2) is 0 Å². The molecule has 1 saturated heterocycles. The van der Waals surface area contributed by atoms with Crippen molar-refractivity contribution < 1.29 is 19.4 Å². The Morgan fingerprint density at radius 3 is 2.69 bits per heavy atom. The molecule has 1 aromatic carbocycles. The molecule has 8 heteroatoms. The van der Waals surface area contributed by atoms with E-state index >= 15 is 0 Å². The number of carbonyl (C=O) groups is 2. The molecule has 0 spiro atoms. The molecular weight excluding hydrogens is 410 g/mol. The molecule has 5 rings (SSSR count). The Labute approximate surface area is 185 Å². The van der Waals surface area contributed by atoms with E-state index in [0.717, 1.165) is 18.4 Å². The highest BCUT2D eigenvalue weighted by Gasteiger charge is 2.58. The van der Waals surface area contributed by atoms with Gasteiger partial charge in [-0.2, -0.15) is 0 Å². The van der Waals surface area contributed by atoms with Crippen LogP contribution in [-0.2, 0) is 22.7 Å². The van der Waals surface area contributed by atoms with Crippen LogP contribution in [0.25, 0.3) is 0 Å². The van der Waals surface area contributed by atoms with Gasteiger partial charge in [0.25, 0.3) is 5.56 Å². The summed E-state index contributed by atoms with van der Waals surface area (Å²) in [6.07, 6.45) is 1.71. The van der Waals surface area contributed by atoms with E-state index in [4.69, 9.17) is 4.74 Å². The Hall–Kier alpha value is -3.13. The number of hydrogen-bond acceptors (Lipinski definition) is 5. The molecule has 2 aromatic rings. The van der Waals surface area contributed by atoms with E-state index in [-0.39, 0.29) is 35.9 Å². The molecule has 2 N–H and O–H groups in total. The van der Waals surface area contributed by atoms with Crippen molar-refractivity contribution in [3.05, 3.63) is 64.1 Å². The minimum absolute atomic E-state index is 0.0140. The molecule has 1 aliphatic carbocycles. The van der Waals surface area contributed by atoms with Gasteiger partial charge in [0, 0.05) is 43.3 Å². The number of fused-ring (bicyclic) bond motifs is 4. The molecule has 8 nitrogen and oxygen atoms in total. The van der Waals surface area contributed by atoms with Crippen LogP contribution in [0.3, 0.4) is 0 Å². The third kappa shape index (κ3) is 3.39. The molecule has 4 atom stereocenters. The van der Waals surface area contributed by atoms with Crippen LogP contribution < -0.4 is 15.6 Å². The van der Waals surface area contributed by atoms with E-state index in [2.05, 4.69) is 5.32 Å². The molecule has 3 heterocycles. The van der Waals surface area contributed by atoms with Crippen LogP contribution in [0.4, 0.5) is 0 Å². The first kappa shape index (κ1) is 20.8. The zero-order valence-corrected chi connectivity index (χ0v) is 17.9. The van der Waals surface area contributed by atoms with E-state index in [0.29, 0.717) is 24.5 Å². The molecule has 0 unspecified atom stereocenters. The number of ether oxygens (including phenoxy) is 1. The quantitative estimate of drug-likeness (QED) is 0.704. The zero-order valence-electron chi connectivity index (χ0n) is 17.9. The summed E-state index contributed by atoms with van der Waals surface area (Å²) in [6.45, 7) is 0.380. The van der Waals surface area contributed by atoms with Crippen molar-refractivity contribution in [1.82, 2.24) is 14.8 Å². The third-order valence-corrected chi connectivity index (χ3v) is 7.00. The molecule has 1 saturated carbocycles. The first-order valence-electron chi connectivity index (χ1n) is 11.1. The van der Waals surface area contributed by atoms with E-state index in [1.165, 1.54) is 6.07 Å². The second kappa shape index (κ2) is 8.09. The molecule has 2 bridgehead atoms. The van der Waals surface area contributed by atoms with Crippen LogP contribution in [0, 0.1) is 17.8 Å². The first-order chi connectivity index (χ1) is 15.5. The number of aromatic nitrogens is 1. The third-order valence-electron chi connectivity index (χ3n) is 7.00. The normalized spacial score (nSPS) is 25.9. The standard InChI is InChI=1S/C24H27N3O5/c1-32-16-5-2-4-14(10-16)11-25-23(30)21-17(13-28)19-12-26-18(6-3-7-20(26)29)22(21)27(19)24(31)15-8-9-15/h2-7,10,15,17,19,21-22,28H,8-9,11-13H2,1H3,(H,25,30)/t17-,19-,21+,22+/m0/s1. The van der Waals surface area contributed by atoms with Gasteiger partial charge in [0.15, 0.2) is 0 Å². The molecule has 1 aromatic heterocycles. The van der Waals surface area contributed by atoms with Crippen LogP contribution in [-0.4, -0.2) is 46.1 Å². The highest BCUT2D eigenvalue weighted by molar-refractivity contribution is 5.86. The predicted molar refractivity (Wildman–Crippen MR) is 116 cm³/mol. The summed E-state index contributed by atoms with van der Waals surface area (Å²) in [4.78, 5) is 41.0. The molecule has 2 fully saturated rings. The number of aliphatic hydroxyl groups is 1. The second-order valence-corrected chi connectivity index (χ2v) is 8.87. The number of hydrogen-bond donors (Lipinski definition) is 2. The topological polar surface area (TPSA) is 101 Å². The van der Waals surface area contributed by atoms with Gasteiger partial charge in [0.05, 0.1) is 25.1 Å². The lowest BCUT2D eigenvalue weighted by Crippen LogP contribution is -2.49. The van der Waals surface area contributed by atoms with Gasteiger partial charge < -0.3 is 24.6 Å². The van der Waals surface area contributed by atoms with Crippen molar-refractivity contribution in [3.63, 3.8) is 0 Å². The second-order valence-electron chi connectivity index (χ2n) is 8.87. The van der Waals surface area contributed by atoms with Gasteiger partial charge in [0.2, 0.25) is 11.8 Å². The number of methoxy groups -OCH3 is 1. The summed E-state index contributed by atoms with van der Waals surface area (Å²) < 4.78 is 6.91. The summed E-state index contributed by atoms with van der Waals surface area (Å²) in [6, 6.07) is 11.5. The van der Waals surface area contributed by atoms with Crippen molar-refractivity contribution in [1.29, 1.82) is 0 Å². The molecule has 2 aliphatic heterocycles. The molecule has 3 aliphatic rings. The fourth-order valence-electron chi connectivity index (χ4n) is 5.29. The number of carbonyl (C=O) groups excluding carboxylic acids is 2. The average molecular weight is 437 g/mol. The van der Waals surface area contributed by atoms with Gasteiger partial charge in [-0.05, 0) is 36.6 Å². The molecule has 2 amide bonds. The Balaban J connectivity index is 1.48. The molecule has 32 heavy (non-hydrogen) atoms. The lowest BCUT2D eigenvalue weighted by atomic mass is 9.86. The van der Waals surface area contributed by atoms with Crippen LogP contribution in [0.15, 0.2) is 47.3 Å². The highest BCUT2D eigenvalue weighted by atomic mass is 16.5. The average Bonchev–Trinajstić information content (AvgIpc) is 3.62. The summed E-state index contributed by atoms with van der Waals surface area (Å²) in [5, 5.41) is 13.3. The number of aliphatic hydroxyl groups excluding tert-OH is 1. The number of amides is 2. The zero-order chi connectivity index (χ0) is 22.4. The van der Waals surface area contributed by atoms with Crippen molar-refractivity contribution >= 4 is 11.8 Å². The van der Waals surface area contributed by atoms with Crippen LogP contribution in [0.2, 0.25) is 0 Å². The maximum absolute atomic E-state index is 13.5. The van der Waals surface area contributed by atoms with Gasteiger partial charge in [-0.15, -0.1) is 0 Å². The minimum atomic E-state index is -0.631. The minimum Gasteiger partial charge on any atom is -0.497 e. The Morgan fingerprint density at radius 1 is 1.19 bits per heavy atom. The maximum atomic E-state index is 13.5. The van der Waals surface area contributed by atoms with Crippen molar-refractivity contribution in [3.8, 4) is 5.75 Å². The smallest absolute Gasteiger partial charge is 0.250 e. The fourth-order valence-corrected chi connectivity index (χ4v) is 5.29. The Kier molecular flexibility index (Phi) is 5.25. The van der Waals surface area contributed by atoms with E-state index in [9.17, 15) is 19.5 Å². The lowest BCUT2D eigenvalue weighted by molar-refractivity contribution is -0.138. The fraction of sp³-hybridized carbons (Fsp3) is 0.458. The number of nitrogens with one attached hydrogen (secondary N) is 1. The number of benzene rings is 1. The number of pyridine rings is 1. The van der Waals surface area contributed by atoms with Crippen LogP contribution >= 0.6 is 0 Å². The van der Waals surface area contributed by atoms with Crippen molar-refractivity contribution in [2.75, 3.05) is 13.7 Å². The van der Waals surface area contributed by atoms with E-state index in [1.54, 1.807) is 22.6 Å². The van der Waals surface area contributed by atoms with Gasteiger partial charge >= 0.3 is 0 Å². The molecule has 0 radical (unpaired) electrons.